The number of halogens is 1. The Balaban J connectivity index is 2.96. The van der Waals surface area contributed by atoms with Gasteiger partial charge >= 0.3 is 5.97 Å². The lowest BCUT2D eigenvalue weighted by atomic mass is 10.0. The van der Waals surface area contributed by atoms with E-state index in [9.17, 15) is 14.0 Å². The van der Waals surface area contributed by atoms with Crippen LogP contribution in [0.15, 0.2) is 31.0 Å². The summed E-state index contributed by atoms with van der Waals surface area (Å²) in [5.74, 6) is -1.77. The Kier molecular flexibility index (Phi) is 4.85. The van der Waals surface area contributed by atoms with Gasteiger partial charge in [-0.25, -0.2) is 9.18 Å². The van der Waals surface area contributed by atoms with Crippen LogP contribution in [0.5, 0.6) is 0 Å². The van der Waals surface area contributed by atoms with E-state index in [0.29, 0.717) is 5.69 Å². The highest BCUT2D eigenvalue weighted by Crippen LogP contribution is 2.19. The lowest BCUT2D eigenvalue weighted by Crippen LogP contribution is -2.41. The van der Waals surface area contributed by atoms with Gasteiger partial charge in [0.25, 0.3) is 5.91 Å². The minimum Gasteiger partial charge on any atom is -0.467 e. The van der Waals surface area contributed by atoms with Gasteiger partial charge in [0.05, 0.1) is 12.7 Å². The summed E-state index contributed by atoms with van der Waals surface area (Å²) in [6.45, 7) is 6.54. The van der Waals surface area contributed by atoms with Crippen molar-refractivity contribution < 1.29 is 18.7 Å². The fraction of sp³-hybridized carbons (Fsp3) is 0.286. The molecule has 5 nitrogen and oxygen atoms in total. The fourth-order valence-corrected chi connectivity index (χ4v) is 1.61. The van der Waals surface area contributed by atoms with Gasteiger partial charge in [-0.05, 0) is 38.2 Å². The molecule has 1 rings (SSSR count). The second-order valence-corrected chi connectivity index (χ2v) is 4.61. The first-order valence-electron chi connectivity index (χ1n) is 5.89. The summed E-state index contributed by atoms with van der Waals surface area (Å²) < 4.78 is 18.5. The molecular formula is C14H17FN2O3. The van der Waals surface area contributed by atoms with Gasteiger partial charge in [0.1, 0.15) is 11.4 Å². The van der Waals surface area contributed by atoms with Gasteiger partial charge in [0.2, 0.25) is 0 Å². The number of nitrogens with one attached hydrogen (secondary N) is 2. The summed E-state index contributed by atoms with van der Waals surface area (Å²) in [5, 5.41) is 5.13. The fourth-order valence-electron chi connectivity index (χ4n) is 1.61. The number of amides is 1. The molecule has 0 aliphatic carbocycles. The first-order chi connectivity index (χ1) is 9.31. The van der Waals surface area contributed by atoms with Crippen molar-refractivity contribution >= 4 is 17.6 Å². The number of rotatable bonds is 5. The van der Waals surface area contributed by atoms with Gasteiger partial charge in [0, 0.05) is 5.69 Å². The zero-order chi connectivity index (χ0) is 15.3. The molecule has 0 aromatic heterocycles. The van der Waals surface area contributed by atoms with Crippen molar-refractivity contribution in [3.05, 3.63) is 42.4 Å². The molecule has 0 bridgehead atoms. The summed E-state index contributed by atoms with van der Waals surface area (Å²) in [5.41, 5.74) is -0.745. The number of methoxy groups -OCH3 is 1. The van der Waals surface area contributed by atoms with Gasteiger partial charge in [-0.1, -0.05) is 6.58 Å². The maximum absolute atomic E-state index is 13.8. The van der Waals surface area contributed by atoms with Crippen LogP contribution < -0.4 is 10.6 Å². The van der Waals surface area contributed by atoms with Crippen molar-refractivity contribution in [2.24, 2.45) is 0 Å². The third kappa shape index (κ3) is 3.57. The molecule has 0 fully saturated rings. The minimum absolute atomic E-state index is 0.105. The molecule has 0 spiro atoms. The highest BCUT2D eigenvalue weighted by molar-refractivity contribution is 5.95. The summed E-state index contributed by atoms with van der Waals surface area (Å²) in [4.78, 5) is 23.0. The maximum atomic E-state index is 13.8. The quantitative estimate of drug-likeness (QED) is 0.810. The normalized spacial score (nSPS) is 10.6. The lowest BCUT2D eigenvalue weighted by Gasteiger charge is -2.24. The third-order valence-corrected chi connectivity index (χ3v) is 2.60. The topological polar surface area (TPSA) is 67.4 Å². The molecule has 0 aliphatic rings. The zero-order valence-corrected chi connectivity index (χ0v) is 11.6. The van der Waals surface area contributed by atoms with Crippen LogP contribution in [0, 0.1) is 5.82 Å². The number of carbonyl (C=O) groups is 2. The van der Waals surface area contributed by atoms with Crippen molar-refractivity contribution in [2.45, 2.75) is 19.4 Å². The molecule has 2 N–H and O–H groups in total. The van der Waals surface area contributed by atoms with Crippen LogP contribution >= 0.6 is 0 Å². The predicted octanol–water partition coefficient (Wildman–Crippen LogP) is 2.06. The molecular weight excluding hydrogens is 263 g/mol. The SMILES string of the molecule is C=CNC(=O)c1ccc(NC(C)(C)C(=O)OC)cc1F. The number of benzene rings is 1. The average molecular weight is 280 g/mol. The molecule has 6 heteroatoms. The lowest BCUT2D eigenvalue weighted by molar-refractivity contribution is -0.144. The number of esters is 1. The predicted molar refractivity (Wildman–Crippen MR) is 73.8 cm³/mol. The van der Waals surface area contributed by atoms with Gasteiger partial charge in [0.15, 0.2) is 0 Å². The van der Waals surface area contributed by atoms with Crippen molar-refractivity contribution in [3.63, 3.8) is 0 Å². The van der Waals surface area contributed by atoms with E-state index < -0.39 is 23.2 Å². The van der Waals surface area contributed by atoms with Crippen LogP contribution in [0.3, 0.4) is 0 Å². The molecule has 108 valence electrons. The molecule has 0 saturated heterocycles. The van der Waals surface area contributed by atoms with Crippen molar-refractivity contribution in [2.75, 3.05) is 12.4 Å². The van der Waals surface area contributed by atoms with Crippen molar-refractivity contribution in [1.82, 2.24) is 5.32 Å². The number of ether oxygens (including phenoxy) is 1. The standard InChI is InChI=1S/C14H17FN2O3/c1-5-16-12(18)10-7-6-9(8-11(10)15)17-14(2,3)13(19)20-4/h5-8,17H,1H2,2-4H3,(H,16,18). The number of hydrogen-bond donors (Lipinski definition) is 2. The summed E-state index contributed by atoms with van der Waals surface area (Å²) in [6.07, 6.45) is 1.17. The highest BCUT2D eigenvalue weighted by Gasteiger charge is 2.28. The van der Waals surface area contributed by atoms with E-state index in [4.69, 9.17) is 0 Å². The molecule has 0 aliphatic heterocycles. The number of anilines is 1. The van der Waals surface area contributed by atoms with Gasteiger partial charge in [-0.15, -0.1) is 0 Å². The molecule has 0 atom stereocenters. The Hall–Kier alpha value is -2.37. The Bertz CT molecular complexity index is 541. The third-order valence-electron chi connectivity index (χ3n) is 2.60. The monoisotopic (exact) mass is 280 g/mol. The van der Waals surface area contributed by atoms with Gasteiger partial charge in [-0.2, -0.15) is 0 Å². The zero-order valence-electron chi connectivity index (χ0n) is 11.6. The van der Waals surface area contributed by atoms with Crippen LogP contribution in [0.25, 0.3) is 0 Å². The van der Waals surface area contributed by atoms with Crippen LogP contribution in [-0.2, 0) is 9.53 Å². The van der Waals surface area contributed by atoms with E-state index in [0.717, 1.165) is 6.07 Å². The van der Waals surface area contributed by atoms with E-state index in [1.165, 1.54) is 25.4 Å². The summed E-state index contributed by atoms with van der Waals surface area (Å²) in [7, 11) is 1.27. The summed E-state index contributed by atoms with van der Waals surface area (Å²) in [6, 6.07) is 3.97. The first-order valence-corrected chi connectivity index (χ1v) is 5.89. The van der Waals surface area contributed by atoms with E-state index in [1.807, 2.05) is 0 Å². The second kappa shape index (κ2) is 6.18. The minimum atomic E-state index is -1.01. The Morgan fingerprint density at radius 3 is 2.55 bits per heavy atom. The highest BCUT2D eigenvalue weighted by atomic mass is 19.1. The van der Waals surface area contributed by atoms with E-state index in [2.05, 4.69) is 21.9 Å². The number of carbonyl (C=O) groups excluding carboxylic acids is 2. The Labute approximate surface area is 116 Å². The van der Waals surface area contributed by atoms with Crippen LogP contribution in [0.2, 0.25) is 0 Å². The van der Waals surface area contributed by atoms with Gasteiger partial charge in [-0.3, -0.25) is 4.79 Å². The second-order valence-electron chi connectivity index (χ2n) is 4.61. The van der Waals surface area contributed by atoms with Crippen LogP contribution in [0.1, 0.15) is 24.2 Å². The first kappa shape index (κ1) is 15.7. The van der Waals surface area contributed by atoms with E-state index >= 15 is 0 Å². The van der Waals surface area contributed by atoms with Crippen LogP contribution in [-0.4, -0.2) is 24.5 Å². The maximum Gasteiger partial charge on any atom is 0.330 e. The smallest absolute Gasteiger partial charge is 0.330 e. The molecule has 0 unspecified atom stereocenters. The molecule has 0 heterocycles. The van der Waals surface area contributed by atoms with Crippen LogP contribution in [0.4, 0.5) is 10.1 Å². The van der Waals surface area contributed by atoms with Crippen molar-refractivity contribution in [1.29, 1.82) is 0 Å². The molecule has 1 aromatic carbocycles. The molecule has 20 heavy (non-hydrogen) atoms. The molecule has 0 radical (unpaired) electrons. The molecule has 0 saturated carbocycles. The average Bonchev–Trinajstić information content (AvgIpc) is 2.37. The number of hydrogen-bond acceptors (Lipinski definition) is 4. The van der Waals surface area contributed by atoms with Crippen molar-refractivity contribution in [3.8, 4) is 0 Å². The largest absolute Gasteiger partial charge is 0.467 e. The molecule has 1 amide bonds. The Morgan fingerprint density at radius 1 is 1.40 bits per heavy atom. The molecule has 1 aromatic rings. The Morgan fingerprint density at radius 2 is 2.05 bits per heavy atom. The van der Waals surface area contributed by atoms with E-state index in [1.54, 1.807) is 13.8 Å². The van der Waals surface area contributed by atoms with E-state index in [-0.39, 0.29) is 5.56 Å². The van der Waals surface area contributed by atoms with Gasteiger partial charge < -0.3 is 15.4 Å². The summed E-state index contributed by atoms with van der Waals surface area (Å²) >= 11 is 0.